The van der Waals surface area contributed by atoms with Crippen molar-refractivity contribution in [3.8, 4) is 62.1 Å². The highest BCUT2D eigenvalue weighted by atomic mass is 16.4. The summed E-state index contributed by atoms with van der Waals surface area (Å²) in [5.41, 5.74) is 8.88. The second kappa shape index (κ2) is 9.14. The predicted molar refractivity (Wildman–Crippen MR) is 194 cm³/mol. The molecule has 1 aliphatic rings. The van der Waals surface area contributed by atoms with Crippen molar-refractivity contribution < 1.29 is 29.9 Å². The quantitative estimate of drug-likeness (QED) is 0.0730. The molecule has 236 valence electrons. The molecule has 0 unspecified atom stereocenters. The van der Waals surface area contributed by atoms with E-state index < -0.39 is 28.7 Å². The van der Waals surface area contributed by atoms with Gasteiger partial charge in [0, 0.05) is 16.2 Å². The Morgan fingerprint density at radius 1 is 0.429 bits per heavy atom. The van der Waals surface area contributed by atoms with Crippen LogP contribution in [0.4, 0.5) is 0 Å². The lowest BCUT2D eigenvalue weighted by molar-refractivity contribution is 0.330. The molecule has 6 heteroatoms. The van der Waals surface area contributed by atoms with Crippen LogP contribution in [-0.2, 0) is 5.41 Å². The molecule has 49 heavy (non-hydrogen) atoms. The summed E-state index contributed by atoms with van der Waals surface area (Å²) in [7, 11) is 0. The van der Waals surface area contributed by atoms with Crippen LogP contribution in [-0.4, -0.2) is 25.5 Å². The Morgan fingerprint density at radius 3 is 1.73 bits per heavy atom. The van der Waals surface area contributed by atoms with Crippen LogP contribution in [0.2, 0.25) is 0 Å². The molecule has 0 bridgehead atoms. The van der Waals surface area contributed by atoms with E-state index in [-0.39, 0.29) is 11.0 Å². The number of aromatic hydroxyl groups is 5. The summed E-state index contributed by atoms with van der Waals surface area (Å²) in [4.78, 5) is 0. The van der Waals surface area contributed by atoms with Crippen molar-refractivity contribution in [2.24, 2.45) is 0 Å². The van der Waals surface area contributed by atoms with Gasteiger partial charge in [-0.25, -0.2) is 0 Å². The molecular weight excluding hydrogens is 612 g/mol. The zero-order valence-electron chi connectivity index (χ0n) is 26.5. The Hall–Kier alpha value is -6.40. The fourth-order valence-corrected chi connectivity index (χ4v) is 8.44. The van der Waals surface area contributed by atoms with Crippen molar-refractivity contribution in [2.45, 2.75) is 19.3 Å². The summed E-state index contributed by atoms with van der Waals surface area (Å²) in [6.07, 6.45) is 0. The Balaban J connectivity index is 1.26. The molecule has 1 aliphatic carbocycles. The van der Waals surface area contributed by atoms with Gasteiger partial charge in [0.25, 0.3) is 0 Å². The van der Waals surface area contributed by atoms with Gasteiger partial charge in [-0.3, -0.25) is 0 Å². The largest absolute Gasteiger partial charge is 0.504 e. The molecule has 0 aliphatic heterocycles. The molecule has 0 saturated carbocycles. The third-order valence-electron chi connectivity index (χ3n) is 10.8. The number of benzene rings is 8. The summed E-state index contributed by atoms with van der Waals surface area (Å²) in [6, 6.07) is 35.2. The van der Waals surface area contributed by atoms with Crippen LogP contribution >= 0.6 is 0 Å². The topological polar surface area (TPSA) is 114 Å². The molecule has 0 amide bonds. The Labute approximate surface area is 279 Å². The number of phenols is 5. The SMILES string of the molecule is CC1(C)c2ccccc2-c2cc3c(cc21)oc1cccc(-c2ccc4ccc5c(-c6c(O)c(O)c(O)c(O)c6O)ccc6ccc2c4c65)c13. The fourth-order valence-electron chi connectivity index (χ4n) is 8.44. The number of hydrogen-bond donors (Lipinski definition) is 5. The average molecular weight is 641 g/mol. The van der Waals surface area contributed by atoms with E-state index in [9.17, 15) is 25.5 Å². The molecule has 0 radical (unpaired) electrons. The third kappa shape index (κ3) is 3.40. The van der Waals surface area contributed by atoms with Gasteiger partial charge in [-0.2, -0.15) is 0 Å². The summed E-state index contributed by atoms with van der Waals surface area (Å²) in [5, 5.41) is 60.1. The van der Waals surface area contributed by atoms with Gasteiger partial charge in [0.05, 0.1) is 5.56 Å². The Kier molecular flexibility index (Phi) is 5.17. The van der Waals surface area contributed by atoms with Crippen molar-refractivity contribution in [1.29, 1.82) is 0 Å². The summed E-state index contributed by atoms with van der Waals surface area (Å²) in [5.74, 6) is -4.24. The van der Waals surface area contributed by atoms with Crippen molar-refractivity contribution in [1.82, 2.24) is 0 Å². The smallest absolute Gasteiger partial charge is 0.208 e. The minimum atomic E-state index is -0.986. The molecular formula is C43H28O6. The normalized spacial score (nSPS) is 13.7. The zero-order chi connectivity index (χ0) is 33.5. The van der Waals surface area contributed by atoms with E-state index in [2.05, 4.69) is 80.6 Å². The molecule has 0 spiro atoms. The molecule has 6 nitrogen and oxygen atoms in total. The third-order valence-corrected chi connectivity index (χ3v) is 10.8. The lowest BCUT2D eigenvalue weighted by Gasteiger charge is -2.21. The van der Waals surface area contributed by atoms with E-state index in [1.807, 2.05) is 30.3 Å². The van der Waals surface area contributed by atoms with Crippen LogP contribution < -0.4 is 0 Å². The van der Waals surface area contributed by atoms with Crippen LogP contribution in [0, 0.1) is 0 Å². The standard InChI is InChI=1S/C43H28O6/c1-43(2)30-8-4-3-6-23(30)28-18-29-33(19-31(28)43)49-32-9-5-7-24(36(29)32)22-14-10-20-12-16-26-27(17-13-21-11-15-25(22)34(20)35(21)26)37-38(44)40(46)42(48)41(47)39(37)45/h3-19,44-48H,1-2H3. The van der Waals surface area contributed by atoms with Gasteiger partial charge in [-0.1, -0.05) is 98.8 Å². The van der Waals surface area contributed by atoms with Crippen LogP contribution in [0.1, 0.15) is 25.0 Å². The molecule has 8 aromatic carbocycles. The molecule has 1 heterocycles. The van der Waals surface area contributed by atoms with Crippen molar-refractivity contribution in [3.05, 3.63) is 114 Å². The second-order valence-electron chi connectivity index (χ2n) is 13.6. The van der Waals surface area contributed by atoms with Crippen molar-refractivity contribution >= 4 is 54.3 Å². The van der Waals surface area contributed by atoms with E-state index in [1.54, 1.807) is 6.07 Å². The molecule has 1 aromatic heterocycles. The number of furan rings is 1. The van der Waals surface area contributed by atoms with Gasteiger partial charge in [0.15, 0.2) is 11.5 Å². The highest BCUT2D eigenvalue weighted by molar-refractivity contribution is 6.29. The minimum absolute atomic E-state index is 0.141. The predicted octanol–water partition coefficient (Wildman–Crippen LogP) is 10.7. The molecule has 10 rings (SSSR count). The first-order valence-corrected chi connectivity index (χ1v) is 16.1. The molecule has 0 saturated heterocycles. The lowest BCUT2D eigenvalue weighted by atomic mass is 9.82. The maximum atomic E-state index is 10.8. The first-order chi connectivity index (χ1) is 23.6. The summed E-state index contributed by atoms with van der Waals surface area (Å²) < 4.78 is 6.57. The minimum Gasteiger partial charge on any atom is -0.504 e. The highest BCUT2D eigenvalue weighted by Gasteiger charge is 2.36. The van der Waals surface area contributed by atoms with Gasteiger partial charge < -0.3 is 29.9 Å². The van der Waals surface area contributed by atoms with Crippen LogP contribution in [0.15, 0.2) is 108 Å². The molecule has 0 fully saturated rings. The second-order valence-corrected chi connectivity index (χ2v) is 13.6. The highest BCUT2D eigenvalue weighted by Crippen LogP contribution is 2.57. The number of rotatable bonds is 2. The number of phenolic OH excluding ortho intramolecular Hbond substituents is 5. The van der Waals surface area contributed by atoms with Crippen molar-refractivity contribution in [3.63, 3.8) is 0 Å². The van der Waals surface area contributed by atoms with E-state index in [1.165, 1.54) is 22.3 Å². The monoisotopic (exact) mass is 640 g/mol. The molecule has 5 N–H and O–H groups in total. The van der Waals surface area contributed by atoms with E-state index >= 15 is 0 Å². The zero-order valence-corrected chi connectivity index (χ0v) is 26.5. The number of hydrogen-bond acceptors (Lipinski definition) is 6. The van der Waals surface area contributed by atoms with Gasteiger partial charge in [-0.15, -0.1) is 0 Å². The van der Waals surface area contributed by atoms with Crippen LogP contribution in [0.3, 0.4) is 0 Å². The maximum Gasteiger partial charge on any atom is 0.208 e. The fraction of sp³-hybridized carbons (Fsp3) is 0.0698. The van der Waals surface area contributed by atoms with Crippen molar-refractivity contribution in [2.75, 3.05) is 0 Å². The van der Waals surface area contributed by atoms with Crippen LogP contribution in [0.25, 0.3) is 87.6 Å². The van der Waals surface area contributed by atoms with Gasteiger partial charge >= 0.3 is 0 Å². The van der Waals surface area contributed by atoms with Gasteiger partial charge in [-0.05, 0) is 89.5 Å². The van der Waals surface area contributed by atoms with E-state index in [0.29, 0.717) is 10.9 Å². The van der Waals surface area contributed by atoms with E-state index in [4.69, 9.17) is 4.42 Å². The average Bonchev–Trinajstić information content (AvgIpc) is 3.60. The first kappa shape index (κ1) is 27.7. The van der Waals surface area contributed by atoms with Gasteiger partial charge in [0.1, 0.15) is 11.2 Å². The number of fused-ring (bicyclic) bond motifs is 6. The van der Waals surface area contributed by atoms with Gasteiger partial charge in [0.2, 0.25) is 17.2 Å². The summed E-state index contributed by atoms with van der Waals surface area (Å²) in [6.45, 7) is 4.53. The Morgan fingerprint density at radius 2 is 1.02 bits per heavy atom. The first-order valence-electron chi connectivity index (χ1n) is 16.1. The Bertz CT molecular complexity index is 2880. The molecule has 0 atom stereocenters. The lowest BCUT2D eigenvalue weighted by Crippen LogP contribution is -2.14. The summed E-state index contributed by atoms with van der Waals surface area (Å²) >= 11 is 0. The van der Waals surface area contributed by atoms with Crippen LogP contribution in [0.5, 0.6) is 28.7 Å². The maximum absolute atomic E-state index is 10.8. The molecule has 9 aromatic rings. The van der Waals surface area contributed by atoms with E-state index in [0.717, 1.165) is 60.0 Å².